The summed E-state index contributed by atoms with van der Waals surface area (Å²) in [5.41, 5.74) is 1.03. The highest BCUT2D eigenvalue weighted by atomic mass is 19.1. The summed E-state index contributed by atoms with van der Waals surface area (Å²) >= 11 is 0. The third-order valence-corrected chi connectivity index (χ3v) is 2.07. The van der Waals surface area contributed by atoms with Gasteiger partial charge in [0.25, 0.3) is 0 Å². The number of allylic oxidation sites excluding steroid dienone is 3. The molecule has 13 heavy (non-hydrogen) atoms. The van der Waals surface area contributed by atoms with Gasteiger partial charge < -0.3 is 4.74 Å². The summed E-state index contributed by atoms with van der Waals surface area (Å²) in [4.78, 5) is 0. The van der Waals surface area contributed by atoms with E-state index in [4.69, 9.17) is 4.74 Å². The molecule has 0 aromatic carbocycles. The van der Waals surface area contributed by atoms with E-state index < -0.39 is 0 Å². The Morgan fingerprint density at radius 1 is 1.46 bits per heavy atom. The topological polar surface area (TPSA) is 9.23 Å². The highest BCUT2D eigenvalue weighted by Crippen LogP contribution is 2.28. The van der Waals surface area contributed by atoms with E-state index in [0.717, 1.165) is 12.8 Å². The van der Waals surface area contributed by atoms with Crippen molar-refractivity contribution in [1.82, 2.24) is 0 Å². The summed E-state index contributed by atoms with van der Waals surface area (Å²) in [6, 6.07) is 0. The number of hydrogen-bond donors (Lipinski definition) is 0. The van der Waals surface area contributed by atoms with E-state index in [9.17, 15) is 4.39 Å². The molecule has 0 bridgehead atoms. The van der Waals surface area contributed by atoms with E-state index >= 15 is 0 Å². The Morgan fingerprint density at radius 2 is 2.15 bits per heavy atom. The predicted octanol–water partition coefficient (Wildman–Crippen LogP) is 3.50. The Balaban J connectivity index is 2.92. The molecule has 0 atom stereocenters. The van der Waals surface area contributed by atoms with Crippen LogP contribution in [0.1, 0.15) is 26.2 Å². The van der Waals surface area contributed by atoms with Crippen molar-refractivity contribution < 1.29 is 9.13 Å². The smallest absolute Gasteiger partial charge is 0.132 e. The first-order valence-corrected chi connectivity index (χ1v) is 4.49. The van der Waals surface area contributed by atoms with Gasteiger partial charge in [0, 0.05) is 5.57 Å². The lowest BCUT2D eigenvalue weighted by Crippen LogP contribution is -1.94. The lowest BCUT2D eigenvalue weighted by molar-refractivity contribution is 0.225. The Kier molecular flexibility index (Phi) is 3.29. The fourth-order valence-corrected chi connectivity index (χ4v) is 1.32. The molecule has 0 spiro atoms. The number of halogens is 1. The first-order valence-electron chi connectivity index (χ1n) is 4.49. The van der Waals surface area contributed by atoms with Gasteiger partial charge in [0.05, 0.1) is 6.61 Å². The van der Waals surface area contributed by atoms with Crippen LogP contribution < -0.4 is 0 Å². The molecule has 1 aliphatic rings. The van der Waals surface area contributed by atoms with E-state index in [1.54, 1.807) is 6.92 Å². The van der Waals surface area contributed by atoms with Gasteiger partial charge in [-0.05, 0) is 31.8 Å². The number of ether oxygens (including phenoxy) is 1. The number of rotatable bonds is 1. The summed E-state index contributed by atoms with van der Waals surface area (Å²) in [7, 11) is 0. The van der Waals surface area contributed by atoms with Crippen LogP contribution in [0.3, 0.4) is 0 Å². The molecule has 2 heteroatoms. The van der Waals surface area contributed by atoms with Crippen molar-refractivity contribution >= 4 is 0 Å². The summed E-state index contributed by atoms with van der Waals surface area (Å²) in [6.45, 7) is 9.56. The third kappa shape index (κ3) is 2.44. The van der Waals surface area contributed by atoms with Gasteiger partial charge in [-0.15, -0.1) is 0 Å². The Labute approximate surface area is 78.6 Å². The van der Waals surface area contributed by atoms with E-state index in [0.29, 0.717) is 29.9 Å². The SMILES string of the molecule is C=C(C)/C(F)=C1/CCCCOC1=C. The van der Waals surface area contributed by atoms with Crippen molar-refractivity contribution in [3.05, 3.63) is 35.9 Å². The van der Waals surface area contributed by atoms with Gasteiger partial charge in [-0.1, -0.05) is 13.2 Å². The molecule has 1 aliphatic heterocycles. The normalized spacial score (nSPS) is 21.8. The van der Waals surface area contributed by atoms with Crippen LogP contribution in [0.2, 0.25) is 0 Å². The number of hydrogen-bond acceptors (Lipinski definition) is 1. The van der Waals surface area contributed by atoms with Crippen LogP contribution in [0.5, 0.6) is 0 Å². The maximum atomic E-state index is 13.5. The molecule has 72 valence electrons. The zero-order valence-electron chi connectivity index (χ0n) is 8.03. The second kappa shape index (κ2) is 4.26. The maximum Gasteiger partial charge on any atom is 0.132 e. The monoisotopic (exact) mass is 182 g/mol. The van der Waals surface area contributed by atoms with Gasteiger partial charge in [0.1, 0.15) is 11.6 Å². The molecule has 0 radical (unpaired) electrons. The van der Waals surface area contributed by atoms with Crippen LogP contribution >= 0.6 is 0 Å². The van der Waals surface area contributed by atoms with Gasteiger partial charge in [-0.25, -0.2) is 4.39 Å². The van der Waals surface area contributed by atoms with Crippen LogP contribution in [-0.4, -0.2) is 6.61 Å². The van der Waals surface area contributed by atoms with Gasteiger partial charge in [0.2, 0.25) is 0 Å². The zero-order chi connectivity index (χ0) is 9.84. The molecule has 1 saturated heterocycles. The molecule has 0 aromatic heterocycles. The molecule has 0 unspecified atom stereocenters. The summed E-state index contributed by atoms with van der Waals surface area (Å²) in [5.74, 6) is 0.213. The van der Waals surface area contributed by atoms with Gasteiger partial charge in [0.15, 0.2) is 0 Å². The first kappa shape index (κ1) is 10.0. The fourth-order valence-electron chi connectivity index (χ4n) is 1.32. The van der Waals surface area contributed by atoms with E-state index in [2.05, 4.69) is 13.2 Å². The maximum absolute atomic E-state index is 13.5. The average Bonchev–Trinajstić information content (AvgIpc) is 2.28. The highest BCUT2D eigenvalue weighted by molar-refractivity contribution is 5.35. The minimum Gasteiger partial charge on any atom is -0.494 e. The quantitative estimate of drug-likeness (QED) is 0.603. The highest BCUT2D eigenvalue weighted by Gasteiger charge is 2.14. The Morgan fingerprint density at radius 3 is 2.77 bits per heavy atom. The minimum atomic E-state index is -0.257. The molecule has 0 amide bonds. The van der Waals surface area contributed by atoms with Crippen LogP contribution in [-0.2, 0) is 4.74 Å². The van der Waals surface area contributed by atoms with Crippen molar-refractivity contribution in [2.75, 3.05) is 6.61 Å². The zero-order valence-corrected chi connectivity index (χ0v) is 8.03. The standard InChI is InChI=1S/C11H15FO/c1-8(2)11(12)10-6-4-5-7-13-9(10)3/h1,3-7H2,2H3/b11-10+. The molecule has 0 aromatic rings. The average molecular weight is 182 g/mol. The van der Waals surface area contributed by atoms with Crippen LogP contribution in [0.15, 0.2) is 35.9 Å². The first-order chi connectivity index (χ1) is 6.13. The van der Waals surface area contributed by atoms with E-state index in [1.807, 2.05) is 0 Å². The van der Waals surface area contributed by atoms with E-state index in [1.165, 1.54) is 0 Å². The molecular formula is C11H15FO. The summed E-state index contributed by atoms with van der Waals surface area (Å²) in [6.07, 6.45) is 2.62. The summed E-state index contributed by atoms with van der Waals surface area (Å²) < 4.78 is 18.7. The van der Waals surface area contributed by atoms with Crippen molar-refractivity contribution in [3.63, 3.8) is 0 Å². The Hall–Kier alpha value is -1.05. The third-order valence-electron chi connectivity index (χ3n) is 2.07. The molecule has 0 saturated carbocycles. The molecular weight excluding hydrogens is 167 g/mol. The fraction of sp³-hybridized carbons (Fsp3) is 0.455. The second-order valence-corrected chi connectivity index (χ2v) is 3.30. The molecule has 1 nitrogen and oxygen atoms in total. The molecule has 1 heterocycles. The largest absolute Gasteiger partial charge is 0.494 e. The van der Waals surface area contributed by atoms with Crippen molar-refractivity contribution in [3.8, 4) is 0 Å². The lowest BCUT2D eigenvalue weighted by atomic mass is 10.1. The van der Waals surface area contributed by atoms with Crippen molar-refractivity contribution in [1.29, 1.82) is 0 Å². The van der Waals surface area contributed by atoms with Gasteiger partial charge in [-0.3, -0.25) is 0 Å². The van der Waals surface area contributed by atoms with E-state index in [-0.39, 0.29) is 5.83 Å². The van der Waals surface area contributed by atoms with Crippen LogP contribution in [0, 0.1) is 0 Å². The van der Waals surface area contributed by atoms with Gasteiger partial charge >= 0.3 is 0 Å². The summed E-state index contributed by atoms with van der Waals surface area (Å²) in [5, 5.41) is 0. The predicted molar refractivity (Wildman–Crippen MR) is 51.9 cm³/mol. The van der Waals surface area contributed by atoms with Crippen molar-refractivity contribution in [2.45, 2.75) is 26.2 Å². The molecule has 0 aliphatic carbocycles. The van der Waals surface area contributed by atoms with Crippen LogP contribution in [0.25, 0.3) is 0 Å². The second-order valence-electron chi connectivity index (χ2n) is 3.30. The molecule has 0 N–H and O–H groups in total. The van der Waals surface area contributed by atoms with Gasteiger partial charge in [-0.2, -0.15) is 0 Å². The minimum absolute atomic E-state index is 0.257. The molecule has 1 rings (SSSR count). The van der Waals surface area contributed by atoms with Crippen molar-refractivity contribution in [2.24, 2.45) is 0 Å². The molecule has 1 fully saturated rings. The van der Waals surface area contributed by atoms with Crippen LogP contribution in [0.4, 0.5) is 4.39 Å². The lowest BCUT2D eigenvalue weighted by Gasteiger charge is -2.08. The Bertz CT molecular complexity index is 263.